The summed E-state index contributed by atoms with van der Waals surface area (Å²) in [4.78, 5) is 24.4. The van der Waals surface area contributed by atoms with E-state index in [0.717, 1.165) is 5.56 Å². The number of esters is 1. The molecule has 0 aliphatic carbocycles. The molecule has 0 saturated heterocycles. The average Bonchev–Trinajstić information content (AvgIpc) is 2.62. The molecule has 1 atom stereocenters. The molecule has 0 aromatic heterocycles. The summed E-state index contributed by atoms with van der Waals surface area (Å²) >= 11 is 0. The minimum atomic E-state index is -0.760. The molecule has 0 unspecified atom stereocenters. The minimum absolute atomic E-state index is 0.212. The van der Waals surface area contributed by atoms with Crippen LogP contribution in [-0.2, 0) is 16.0 Å². The molecule has 0 spiro atoms. The maximum atomic E-state index is 13.6. The van der Waals surface area contributed by atoms with Crippen LogP contribution in [0.3, 0.4) is 0 Å². The topological polar surface area (TPSA) is 67.4 Å². The molecule has 0 fully saturated rings. The van der Waals surface area contributed by atoms with Gasteiger partial charge >= 0.3 is 12.0 Å². The molecule has 26 heavy (non-hydrogen) atoms. The molecule has 1 aliphatic rings. The number of hydrogen-bond acceptors (Lipinski definition) is 3. The van der Waals surface area contributed by atoms with Crippen molar-refractivity contribution in [1.29, 1.82) is 0 Å². The summed E-state index contributed by atoms with van der Waals surface area (Å²) in [6.07, 6.45) is 0.587. The fourth-order valence-corrected chi connectivity index (χ4v) is 2.88. The van der Waals surface area contributed by atoms with E-state index in [2.05, 4.69) is 10.6 Å². The average molecular weight is 354 g/mol. The van der Waals surface area contributed by atoms with E-state index < -0.39 is 23.9 Å². The molecule has 2 aromatic rings. The van der Waals surface area contributed by atoms with E-state index in [1.165, 1.54) is 18.2 Å². The van der Waals surface area contributed by atoms with Gasteiger partial charge in [-0.05, 0) is 30.2 Å². The number of halogens is 1. The molecule has 0 bridgehead atoms. The molecule has 5 nitrogen and oxygen atoms in total. The Morgan fingerprint density at radius 2 is 1.92 bits per heavy atom. The number of urea groups is 1. The minimum Gasteiger partial charge on any atom is -0.462 e. The summed E-state index contributed by atoms with van der Waals surface area (Å²) in [6.45, 7) is 1.84. The predicted molar refractivity (Wildman–Crippen MR) is 94.6 cm³/mol. The Morgan fingerprint density at radius 3 is 2.65 bits per heavy atom. The number of carbonyl (C=O) groups excluding carboxylic acids is 2. The first-order valence-electron chi connectivity index (χ1n) is 8.29. The number of hydrogen-bond donors (Lipinski definition) is 2. The first kappa shape index (κ1) is 17.7. The number of benzene rings is 2. The lowest BCUT2D eigenvalue weighted by atomic mass is 9.95. The van der Waals surface area contributed by atoms with Crippen molar-refractivity contribution in [2.24, 2.45) is 0 Å². The van der Waals surface area contributed by atoms with Crippen molar-refractivity contribution in [3.8, 4) is 0 Å². The smallest absolute Gasteiger partial charge is 0.338 e. The Kier molecular flexibility index (Phi) is 5.31. The Hall–Kier alpha value is -3.15. The van der Waals surface area contributed by atoms with Crippen molar-refractivity contribution in [3.05, 3.63) is 82.8 Å². The third kappa shape index (κ3) is 4.08. The quantitative estimate of drug-likeness (QED) is 0.810. The summed E-state index contributed by atoms with van der Waals surface area (Å²) in [5.41, 5.74) is 2.20. The summed E-state index contributed by atoms with van der Waals surface area (Å²) in [6, 6.07) is 14.3. The van der Waals surface area contributed by atoms with Crippen LogP contribution in [0.5, 0.6) is 0 Å². The van der Waals surface area contributed by atoms with Gasteiger partial charge in [-0.3, -0.25) is 0 Å². The zero-order valence-electron chi connectivity index (χ0n) is 14.3. The van der Waals surface area contributed by atoms with E-state index in [1.54, 1.807) is 13.0 Å². The number of amides is 2. The molecule has 3 rings (SSSR count). The fraction of sp³-hybridized carbons (Fsp3) is 0.200. The lowest BCUT2D eigenvalue weighted by Gasteiger charge is -2.28. The summed E-state index contributed by atoms with van der Waals surface area (Å²) < 4.78 is 19.0. The van der Waals surface area contributed by atoms with Crippen molar-refractivity contribution in [1.82, 2.24) is 10.6 Å². The van der Waals surface area contributed by atoms with Crippen LogP contribution in [0.1, 0.15) is 24.1 Å². The first-order chi connectivity index (χ1) is 12.5. The number of ether oxygens (including phenoxy) is 1. The first-order valence-corrected chi connectivity index (χ1v) is 8.29. The monoisotopic (exact) mass is 354 g/mol. The van der Waals surface area contributed by atoms with Gasteiger partial charge in [0, 0.05) is 12.1 Å². The van der Waals surface area contributed by atoms with Crippen LogP contribution in [-0.4, -0.2) is 18.6 Å². The van der Waals surface area contributed by atoms with Crippen LogP contribution in [0, 0.1) is 5.82 Å². The van der Waals surface area contributed by atoms with Crippen LogP contribution in [0.25, 0.3) is 0 Å². The summed E-state index contributed by atoms with van der Waals surface area (Å²) in [7, 11) is 0. The Morgan fingerprint density at radius 1 is 1.15 bits per heavy atom. The zero-order chi connectivity index (χ0) is 18.5. The van der Waals surface area contributed by atoms with Crippen LogP contribution in [0.2, 0.25) is 0 Å². The largest absolute Gasteiger partial charge is 0.462 e. The molecule has 1 heterocycles. The highest BCUT2D eigenvalue weighted by atomic mass is 19.1. The Balaban J connectivity index is 1.76. The van der Waals surface area contributed by atoms with Crippen molar-refractivity contribution < 1.29 is 18.7 Å². The van der Waals surface area contributed by atoms with Gasteiger partial charge in [0.1, 0.15) is 5.82 Å². The van der Waals surface area contributed by atoms with Crippen molar-refractivity contribution in [2.75, 3.05) is 6.61 Å². The van der Waals surface area contributed by atoms with Gasteiger partial charge in [0.05, 0.1) is 18.2 Å². The van der Waals surface area contributed by atoms with Gasteiger partial charge in [-0.25, -0.2) is 14.0 Å². The summed E-state index contributed by atoms with van der Waals surface area (Å²) in [5, 5.41) is 5.22. The molecule has 6 heteroatoms. The van der Waals surface area contributed by atoms with Gasteiger partial charge in [-0.15, -0.1) is 0 Å². The number of rotatable bonds is 5. The molecular weight excluding hydrogens is 335 g/mol. The normalized spacial score (nSPS) is 16.7. The van der Waals surface area contributed by atoms with Crippen LogP contribution in [0.4, 0.5) is 9.18 Å². The van der Waals surface area contributed by atoms with Crippen LogP contribution >= 0.6 is 0 Å². The molecule has 134 valence electrons. The van der Waals surface area contributed by atoms with Gasteiger partial charge in [0.25, 0.3) is 0 Å². The molecular formula is C20H19FN2O3. The van der Waals surface area contributed by atoms with E-state index >= 15 is 0 Å². The van der Waals surface area contributed by atoms with Gasteiger partial charge in [0.15, 0.2) is 0 Å². The number of carbonyl (C=O) groups is 2. The maximum absolute atomic E-state index is 13.6. The molecule has 0 radical (unpaired) electrons. The van der Waals surface area contributed by atoms with Crippen LogP contribution < -0.4 is 10.6 Å². The highest BCUT2D eigenvalue weighted by molar-refractivity contribution is 5.95. The maximum Gasteiger partial charge on any atom is 0.338 e. The second-order valence-electron chi connectivity index (χ2n) is 6.00. The van der Waals surface area contributed by atoms with Crippen molar-refractivity contribution in [2.45, 2.75) is 19.4 Å². The van der Waals surface area contributed by atoms with Gasteiger partial charge < -0.3 is 15.4 Å². The van der Waals surface area contributed by atoms with Crippen molar-refractivity contribution in [3.63, 3.8) is 0 Å². The molecule has 1 aliphatic heterocycles. The van der Waals surface area contributed by atoms with E-state index in [9.17, 15) is 14.0 Å². The molecule has 2 aromatic carbocycles. The highest BCUT2D eigenvalue weighted by Gasteiger charge is 2.32. The summed E-state index contributed by atoms with van der Waals surface area (Å²) in [5.74, 6) is -0.982. The molecule has 2 N–H and O–H groups in total. The second kappa shape index (κ2) is 7.82. The number of nitrogens with one attached hydrogen (secondary N) is 2. The zero-order valence-corrected chi connectivity index (χ0v) is 14.3. The number of allylic oxidation sites excluding steroid dienone is 1. The van der Waals surface area contributed by atoms with Gasteiger partial charge in [-0.2, -0.15) is 0 Å². The van der Waals surface area contributed by atoms with Crippen LogP contribution in [0.15, 0.2) is 65.9 Å². The Bertz CT molecular complexity index is 849. The fourth-order valence-electron chi connectivity index (χ4n) is 2.88. The van der Waals surface area contributed by atoms with Crippen molar-refractivity contribution >= 4 is 12.0 Å². The third-order valence-corrected chi connectivity index (χ3v) is 4.14. The standard InChI is InChI=1S/C20H19FN2O3/c1-13-17(19(24)26-11-10-14-6-3-2-4-7-14)18(23-20(25)22-13)15-8-5-9-16(21)12-15/h2-9,12,18H,10-11H2,1H3,(H2,22,23,25)/t18-/m1/s1. The molecule has 2 amide bonds. The Labute approximate surface area is 150 Å². The second-order valence-corrected chi connectivity index (χ2v) is 6.00. The van der Waals surface area contributed by atoms with Gasteiger partial charge in [-0.1, -0.05) is 42.5 Å². The van der Waals surface area contributed by atoms with Gasteiger partial charge in [0.2, 0.25) is 0 Å². The SMILES string of the molecule is CC1=C(C(=O)OCCc2ccccc2)[C@@H](c2cccc(F)c2)NC(=O)N1. The lowest BCUT2D eigenvalue weighted by Crippen LogP contribution is -2.45. The van der Waals surface area contributed by atoms with E-state index in [-0.39, 0.29) is 12.2 Å². The van der Waals surface area contributed by atoms with E-state index in [0.29, 0.717) is 17.7 Å². The van der Waals surface area contributed by atoms with E-state index in [1.807, 2.05) is 30.3 Å². The third-order valence-electron chi connectivity index (χ3n) is 4.14. The highest BCUT2D eigenvalue weighted by Crippen LogP contribution is 2.28. The molecule has 0 saturated carbocycles. The lowest BCUT2D eigenvalue weighted by molar-refractivity contribution is -0.139. The predicted octanol–water partition coefficient (Wildman–Crippen LogP) is 3.24. The van der Waals surface area contributed by atoms with E-state index in [4.69, 9.17) is 4.74 Å².